The van der Waals surface area contributed by atoms with Gasteiger partial charge in [0, 0.05) is 6.21 Å². The molecule has 0 bridgehead atoms. The van der Waals surface area contributed by atoms with E-state index in [2.05, 4.69) is 16.7 Å². The first kappa shape index (κ1) is 13.7. The van der Waals surface area contributed by atoms with Crippen molar-refractivity contribution in [1.29, 1.82) is 0 Å². The van der Waals surface area contributed by atoms with Gasteiger partial charge in [-0.1, -0.05) is 26.3 Å². The third-order valence-electron chi connectivity index (χ3n) is 1.75. The standard InChI is InChI=1S/C11H20N2O2/c1-3-5-6-8-13-10(7-4-2)9-15-11(12)14/h7-8H,3-6,9H2,1-2H3,(H2,12,14)/b10-7+,13-8?. The molecule has 1 amide bonds. The molecule has 0 aliphatic rings. The van der Waals surface area contributed by atoms with Crippen LogP contribution in [0.4, 0.5) is 4.79 Å². The summed E-state index contributed by atoms with van der Waals surface area (Å²) in [4.78, 5) is 14.6. The van der Waals surface area contributed by atoms with Gasteiger partial charge in [-0.05, 0) is 19.3 Å². The van der Waals surface area contributed by atoms with Gasteiger partial charge in [0.1, 0.15) is 6.61 Å². The summed E-state index contributed by atoms with van der Waals surface area (Å²) in [5.74, 6) is 0. The Morgan fingerprint density at radius 2 is 2.20 bits per heavy atom. The van der Waals surface area contributed by atoms with E-state index < -0.39 is 6.09 Å². The van der Waals surface area contributed by atoms with E-state index in [0.29, 0.717) is 0 Å². The molecule has 15 heavy (non-hydrogen) atoms. The van der Waals surface area contributed by atoms with E-state index in [1.165, 1.54) is 0 Å². The number of aliphatic imine (C=N–C) groups is 1. The fraction of sp³-hybridized carbons (Fsp3) is 0.636. The molecule has 0 fully saturated rings. The average Bonchev–Trinajstić information content (AvgIpc) is 2.20. The number of primary amides is 1. The molecular formula is C11H20N2O2. The van der Waals surface area contributed by atoms with Crippen LogP contribution in [0.1, 0.15) is 39.5 Å². The number of unbranched alkanes of at least 4 members (excludes halogenated alkanes) is 2. The van der Waals surface area contributed by atoms with E-state index in [0.717, 1.165) is 31.4 Å². The predicted molar refractivity (Wildman–Crippen MR) is 61.9 cm³/mol. The number of rotatable bonds is 7. The van der Waals surface area contributed by atoms with Crippen molar-refractivity contribution in [2.45, 2.75) is 39.5 Å². The van der Waals surface area contributed by atoms with E-state index in [1.54, 1.807) is 0 Å². The fourth-order valence-electron chi connectivity index (χ4n) is 1.01. The second-order valence-electron chi connectivity index (χ2n) is 3.17. The maximum Gasteiger partial charge on any atom is 0.404 e. The second kappa shape index (κ2) is 9.24. The zero-order valence-corrected chi connectivity index (χ0v) is 9.53. The summed E-state index contributed by atoms with van der Waals surface area (Å²) in [6.45, 7) is 4.30. The summed E-state index contributed by atoms with van der Waals surface area (Å²) in [7, 11) is 0. The van der Waals surface area contributed by atoms with Crippen molar-refractivity contribution in [3.8, 4) is 0 Å². The van der Waals surface area contributed by atoms with Gasteiger partial charge in [-0.25, -0.2) is 4.79 Å². The molecule has 0 unspecified atom stereocenters. The minimum atomic E-state index is -0.763. The summed E-state index contributed by atoms with van der Waals surface area (Å²) in [5.41, 5.74) is 5.63. The quantitative estimate of drug-likeness (QED) is 0.520. The van der Waals surface area contributed by atoms with Gasteiger partial charge in [0.2, 0.25) is 0 Å². The zero-order valence-electron chi connectivity index (χ0n) is 9.53. The van der Waals surface area contributed by atoms with Gasteiger partial charge < -0.3 is 10.5 Å². The Labute approximate surface area is 91.2 Å². The van der Waals surface area contributed by atoms with Gasteiger partial charge in [0.05, 0.1) is 5.70 Å². The maximum atomic E-state index is 10.4. The van der Waals surface area contributed by atoms with Crippen molar-refractivity contribution in [3.63, 3.8) is 0 Å². The summed E-state index contributed by atoms with van der Waals surface area (Å²) in [6, 6.07) is 0. The van der Waals surface area contributed by atoms with Crippen LogP contribution in [0.2, 0.25) is 0 Å². The number of hydrogen-bond acceptors (Lipinski definition) is 3. The Kier molecular flexibility index (Phi) is 8.43. The number of ether oxygens (including phenoxy) is 1. The summed E-state index contributed by atoms with van der Waals surface area (Å²) < 4.78 is 4.67. The number of allylic oxidation sites excluding steroid dienone is 1. The molecule has 4 nitrogen and oxygen atoms in total. The van der Waals surface area contributed by atoms with Gasteiger partial charge in [-0.15, -0.1) is 0 Å². The second-order valence-corrected chi connectivity index (χ2v) is 3.17. The first-order valence-corrected chi connectivity index (χ1v) is 5.34. The molecule has 0 saturated carbocycles. The zero-order chi connectivity index (χ0) is 11.5. The normalized spacial score (nSPS) is 12.0. The summed E-state index contributed by atoms with van der Waals surface area (Å²) in [6.07, 6.45) is 7.11. The van der Waals surface area contributed by atoms with Crippen LogP contribution in [0.15, 0.2) is 16.8 Å². The predicted octanol–water partition coefficient (Wildman–Crippen LogP) is 2.64. The van der Waals surface area contributed by atoms with Gasteiger partial charge >= 0.3 is 6.09 Å². The molecule has 0 spiro atoms. The Morgan fingerprint density at radius 1 is 1.47 bits per heavy atom. The van der Waals surface area contributed by atoms with E-state index in [9.17, 15) is 4.79 Å². The molecule has 0 aromatic rings. The van der Waals surface area contributed by atoms with Crippen LogP contribution >= 0.6 is 0 Å². The number of nitrogens with zero attached hydrogens (tertiary/aromatic N) is 1. The highest BCUT2D eigenvalue weighted by Gasteiger charge is 1.97. The number of amides is 1. The van der Waals surface area contributed by atoms with Crippen LogP contribution < -0.4 is 5.73 Å². The lowest BCUT2D eigenvalue weighted by Gasteiger charge is -2.01. The molecule has 0 aliphatic carbocycles. The van der Waals surface area contributed by atoms with E-state index in [4.69, 9.17) is 5.73 Å². The van der Waals surface area contributed by atoms with Crippen LogP contribution in [-0.2, 0) is 4.74 Å². The molecule has 0 saturated heterocycles. The minimum Gasteiger partial charge on any atom is -0.443 e. The first-order valence-electron chi connectivity index (χ1n) is 5.34. The van der Waals surface area contributed by atoms with Gasteiger partial charge in [0.25, 0.3) is 0 Å². The topological polar surface area (TPSA) is 64.7 Å². The number of carbonyl (C=O) groups is 1. The first-order chi connectivity index (χ1) is 7.20. The highest BCUT2D eigenvalue weighted by Crippen LogP contribution is 2.01. The number of nitrogens with two attached hydrogens (primary N) is 1. The van der Waals surface area contributed by atoms with Crippen molar-refractivity contribution in [1.82, 2.24) is 0 Å². The summed E-state index contributed by atoms with van der Waals surface area (Å²) in [5, 5.41) is 0. The monoisotopic (exact) mass is 212 g/mol. The van der Waals surface area contributed by atoms with Crippen LogP contribution in [0.5, 0.6) is 0 Å². The molecule has 86 valence electrons. The van der Waals surface area contributed by atoms with E-state index in [1.807, 2.05) is 19.2 Å². The molecule has 0 radical (unpaired) electrons. The molecule has 0 heterocycles. The van der Waals surface area contributed by atoms with Crippen LogP contribution in [0, 0.1) is 0 Å². The van der Waals surface area contributed by atoms with Crippen molar-refractivity contribution in [3.05, 3.63) is 11.8 Å². The maximum absolute atomic E-state index is 10.4. The molecule has 0 aliphatic heterocycles. The van der Waals surface area contributed by atoms with Crippen LogP contribution in [0.25, 0.3) is 0 Å². The smallest absolute Gasteiger partial charge is 0.404 e. The Morgan fingerprint density at radius 3 is 2.73 bits per heavy atom. The number of hydrogen-bond donors (Lipinski definition) is 1. The van der Waals surface area contributed by atoms with Crippen molar-refractivity contribution < 1.29 is 9.53 Å². The molecule has 2 N–H and O–H groups in total. The van der Waals surface area contributed by atoms with E-state index >= 15 is 0 Å². The van der Waals surface area contributed by atoms with Gasteiger partial charge in [-0.2, -0.15) is 0 Å². The molecule has 0 atom stereocenters. The highest BCUT2D eigenvalue weighted by molar-refractivity contribution is 5.65. The summed E-state index contributed by atoms with van der Waals surface area (Å²) >= 11 is 0. The largest absolute Gasteiger partial charge is 0.443 e. The highest BCUT2D eigenvalue weighted by atomic mass is 16.5. The molecule has 4 heteroatoms. The van der Waals surface area contributed by atoms with Crippen molar-refractivity contribution >= 4 is 12.3 Å². The fourth-order valence-corrected chi connectivity index (χ4v) is 1.01. The molecule has 0 rings (SSSR count). The Hall–Kier alpha value is -1.32. The minimum absolute atomic E-state index is 0.159. The van der Waals surface area contributed by atoms with Crippen molar-refractivity contribution in [2.75, 3.05) is 6.61 Å². The number of carbonyl (C=O) groups excluding carboxylic acids is 1. The molecule has 0 aromatic heterocycles. The average molecular weight is 212 g/mol. The Balaban J connectivity index is 3.98. The van der Waals surface area contributed by atoms with Crippen molar-refractivity contribution in [2.24, 2.45) is 10.7 Å². The third-order valence-corrected chi connectivity index (χ3v) is 1.75. The van der Waals surface area contributed by atoms with Crippen LogP contribution in [0.3, 0.4) is 0 Å². The lowest BCUT2D eigenvalue weighted by atomic mass is 10.3. The lowest BCUT2D eigenvalue weighted by molar-refractivity contribution is 0.166. The Bertz CT molecular complexity index is 235. The van der Waals surface area contributed by atoms with Crippen LogP contribution in [-0.4, -0.2) is 18.9 Å². The lowest BCUT2D eigenvalue weighted by Crippen LogP contribution is -2.14. The van der Waals surface area contributed by atoms with Gasteiger partial charge in [0.15, 0.2) is 0 Å². The van der Waals surface area contributed by atoms with Gasteiger partial charge in [-0.3, -0.25) is 4.99 Å². The molecular weight excluding hydrogens is 192 g/mol. The molecule has 0 aromatic carbocycles. The third kappa shape index (κ3) is 9.00. The van der Waals surface area contributed by atoms with E-state index in [-0.39, 0.29) is 6.61 Å². The SMILES string of the molecule is CC/C=C(\COC(N)=O)N=CCCCC.